The standard InChI is InChI=1S/C30H37N7O2/c1-30(2,3)21-6-5-7-22(18-21)34-29-35-25-19-23(8-9-27(25)36(29)4)39-24-10-11-32-26(20-24)28(38)33-14-17-37-15-12-31-13-16-37/h5-11,18-20,31H,12-17H2,1-4H3,(H,33,38)(H,34,35). The number of carbonyl (C=O) groups excluding carboxylic acids is 1. The Labute approximate surface area is 229 Å². The van der Waals surface area contributed by atoms with Crippen LogP contribution in [0.3, 0.4) is 0 Å². The SMILES string of the molecule is Cn1c(Nc2cccc(C(C)(C)C)c2)nc2cc(Oc3ccnc(C(=O)NCCN4CCNCC4)c3)ccc21. The quantitative estimate of drug-likeness (QED) is 0.312. The van der Waals surface area contributed by atoms with E-state index in [0.29, 0.717) is 23.7 Å². The second-order valence-corrected chi connectivity index (χ2v) is 10.9. The summed E-state index contributed by atoms with van der Waals surface area (Å²) in [6, 6.07) is 17.6. The van der Waals surface area contributed by atoms with Crippen LogP contribution in [0.15, 0.2) is 60.8 Å². The van der Waals surface area contributed by atoms with Gasteiger partial charge in [0.25, 0.3) is 5.91 Å². The third kappa shape index (κ3) is 6.55. The molecule has 0 atom stereocenters. The number of aryl methyl sites for hydroxylation is 1. The summed E-state index contributed by atoms with van der Waals surface area (Å²) >= 11 is 0. The number of hydrogen-bond acceptors (Lipinski definition) is 7. The van der Waals surface area contributed by atoms with Crippen molar-refractivity contribution in [1.29, 1.82) is 0 Å². The number of carbonyl (C=O) groups is 1. The maximum atomic E-state index is 12.7. The molecule has 3 N–H and O–H groups in total. The van der Waals surface area contributed by atoms with Crippen LogP contribution in [0.5, 0.6) is 11.5 Å². The molecule has 1 saturated heterocycles. The highest BCUT2D eigenvalue weighted by atomic mass is 16.5. The van der Waals surface area contributed by atoms with Gasteiger partial charge < -0.3 is 25.3 Å². The summed E-state index contributed by atoms with van der Waals surface area (Å²) in [5.74, 6) is 1.72. The maximum absolute atomic E-state index is 12.7. The fourth-order valence-corrected chi connectivity index (χ4v) is 4.64. The molecule has 204 valence electrons. The molecule has 9 heteroatoms. The summed E-state index contributed by atoms with van der Waals surface area (Å²) in [7, 11) is 1.99. The van der Waals surface area contributed by atoms with Crippen LogP contribution in [0, 0.1) is 0 Å². The van der Waals surface area contributed by atoms with Crippen LogP contribution < -0.4 is 20.7 Å². The number of benzene rings is 2. The van der Waals surface area contributed by atoms with E-state index in [4.69, 9.17) is 9.72 Å². The number of imidazole rings is 1. The van der Waals surface area contributed by atoms with Gasteiger partial charge in [0.2, 0.25) is 5.95 Å². The Morgan fingerprint density at radius 2 is 1.85 bits per heavy atom. The lowest BCUT2D eigenvalue weighted by Crippen LogP contribution is -2.46. The van der Waals surface area contributed by atoms with Gasteiger partial charge in [-0.15, -0.1) is 0 Å². The highest BCUT2D eigenvalue weighted by Crippen LogP contribution is 2.30. The molecule has 0 unspecified atom stereocenters. The van der Waals surface area contributed by atoms with Crippen molar-refractivity contribution in [2.45, 2.75) is 26.2 Å². The van der Waals surface area contributed by atoms with Gasteiger partial charge in [0.05, 0.1) is 11.0 Å². The van der Waals surface area contributed by atoms with E-state index < -0.39 is 0 Å². The zero-order chi connectivity index (χ0) is 27.4. The van der Waals surface area contributed by atoms with E-state index in [-0.39, 0.29) is 11.3 Å². The smallest absolute Gasteiger partial charge is 0.270 e. The number of piperazine rings is 1. The second kappa shape index (κ2) is 11.4. The predicted molar refractivity (Wildman–Crippen MR) is 155 cm³/mol. The number of nitrogens with zero attached hydrogens (tertiary/aromatic N) is 4. The van der Waals surface area contributed by atoms with E-state index in [1.807, 2.05) is 35.9 Å². The van der Waals surface area contributed by atoms with Crippen molar-refractivity contribution in [3.8, 4) is 11.5 Å². The minimum Gasteiger partial charge on any atom is -0.457 e. The molecule has 0 spiro atoms. The molecule has 0 radical (unpaired) electrons. The summed E-state index contributed by atoms with van der Waals surface area (Å²) in [6.45, 7) is 12.0. The molecule has 0 bridgehead atoms. The number of anilines is 2. The number of ether oxygens (including phenoxy) is 1. The molecule has 1 aliphatic rings. The van der Waals surface area contributed by atoms with E-state index in [1.54, 1.807) is 18.3 Å². The molecule has 2 aromatic carbocycles. The lowest BCUT2D eigenvalue weighted by molar-refractivity contribution is 0.0942. The first-order chi connectivity index (χ1) is 18.8. The molecule has 2 aromatic heterocycles. The number of fused-ring (bicyclic) bond motifs is 1. The van der Waals surface area contributed by atoms with Gasteiger partial charge in [0.1, 0.15) is 17.2 Å². The van der Waals surface area contributed by atoms with Crippen LogP contribution in [0.25, 0.3) is 11.0 Å². The summed E-state index contributed by atoms with van der Waals surface area (Å²) < 4.78 is 8.12. The Morgan fingerprint density at radius 1 is 1.05 bits per heavy atom. The van der Waals surface area contributed by atoms with Crippen molar-refractivity contribution >= 4 is 28.6 Å². The van der Waals surface area contributed by atoms with E-state index in [2.05, 4.69) is 64.8 Å². The van der Waals surface area contributed by atoms with Gasteiger partial charge in [0.15, 0.2) is 0 Å². The Bertz CT molecular complexity index is 1450. The van der Waals surface area contributed by atoms with Gasteiger partial charge in [-0.1, -0.05) is 32.9 Å². The number of pyridine rings is 1. The number of hydrogen-bond donors (Lipinski definition) is 3. The Morgan fingerprint density at radius 3 is 2.64 bits per heavy atom. The van der Waals surface area contributed by atoms with Crippen molar-refractivity contribution in [2.24, 2.45) is 7.05 Å². The van der Waals surface area contributed by atoms with Gasteiger partial charge in [-0.3, -0.25) is 14.7 Å². The number of nitrogens with one attached hydrogen (secondary N) is 3. The van der Waals surface area contributed by atoms with Crippen molar-refractivity contribution in [3.05, 3.63) is 72.1 Å². The average molecular weight is 528 g/mol. The summed E-state index contributed by atoms with van der Waals surface area (Å²) in [6.07, 6.45) is 1.59. The van der Waals surface area contributed by atoms with Crippen molar-refractivity contribution in [2.75, 3.05) is 44.6 Å². The minimum absolute atomic E-state index is 0.0643. The Balaban J connectivity index is 1.25. The highest BCUT2D eigenvalue weighted by Gasteiger charge is 2.16. The highest BCUT2D eigenvalue weighted by molar-refractivity contribution is 5.92. The van der Waals surface area contributed by atoms with Crippen LogP contribution in [-0.4, -0.2) is 64.6 Å². The molecule has 0 saturated carbocycles. The molecular formula is C30H37N7O2. The largest absolute Gasteiger partial charge is 0.457 e. The van der Waals surface area contributed by atoms with Gasteiger partial charge in [-0.05, 0) is 41.3 Å². The molecule has 1 amide bonds. The molecule has 39 heavy (non-hydrogen) atoms. The summed E-state index contributed by atoms with van der Waals surface area (Å²) in [4.78, 5) is 24.0. The Kier molecular flexibility index (Phi) is 7.81. The fraction of sp³-hybridized carbons (Fsp3) is 0.367. The number of amides is 1. The number of aromatic nitrogens is 3. The third-order valence-electron chi connectivity index (χ3n) is 6.96. The average Bonchev–Trinajstić information content (AvgIpc) is 3.23. The lowest BCUT2D eigenvalue weighted by atomic mass is 9.87. The Hall–Kier alpha value is -3.95. The fourth-order valence-electron chi connectivity index (χ4n) is 4.64. The monoisotopic (exact) mass is 527 g/mol. The zero-order valence-corrected chi connectivity index (χ0v) is 23.1. The van der Waals surface area contributed by atoms with Gasteiger partial charge in [0, 0.05) is 70.3 Å². The number of rotatable bonds is 8. The van der Waals surface area contributed by atoms with Crippen molar-refractivity contribution < 1.29 is 9.53 Å². The van der Waals surface area contributed by atoms with E-state index in [1.165, 1.54) is 5.56 Å². The molecule has 1 aliphatic heterocycles. The maximum Gasteiger partial charge on any atom is 0.270 e. The normalized spacial score (nSPS) is 14.4. The minimum atomic E-state index is -0.206. The summed E-state index contributed by atoms with van der Waals surface area (Å²) in [5.41, 5.74) is 4.44. The van der Waals surface area contributed by atoms with Gasteiger partial charge in [-0.25, -0.2) is 4.98 Å². The molecular weight excluding hydrogens is 490 g/mol. The first-order valence-electron chi connectivity index (χ1n) is 13.5. The van der Waals surface area contributed by atoms with Gasteiger partial charge in [-0.2, -0.15) is 0 Å². The molecule has 1 fully saturated rings. The van der Waals surface area contributed by atoms with Crippen LogP contribution in [0.2, 0.25) is 0 Å². The topological polar surface area (TPSA) is 96.3 Å². The first-order valence-corrected chi connectivity index (χ1v) is 13.5. The third-order valence-corrected chi connectivity index (χ3v) is 6.96. The lowest BCUT2D eigenvalue weighted by Gasteiger charge is -2.27. The van der Waals surface area contributed by atoms with E-state index in [9.17, 15) is 4.79 Å². The van der Waals surface area contributed by atoms with Crippen molar-refractivity contribution in [3.63, 3.8) is 0 Å². The molecule has 3 heterocycles. The van der Waals surface area contributed by atoms with E-state index >= 15 is 0 Å². The predicted octanol–water partition coefficient (Wildman–Crippen LogP) is 4.44. The van der Waals surface area contributed by atoms with Crippen LogP contribution in [-0.2, 0) is 12.5 Å². The zero-order valence-electron chi connectivity index (χ0n) is 23.1. The first kappa shape index (κ1) is 26.6. The van der Waals surface area contributed by atoms with Crippen LogP contribution >= 0.6 is 0 Å². The van der Waals surface area contributed by atoms with Gasteiger partial charge >= 0.3 is 0 Å². The molecule has 5 rings (SSSR count). The van der Waals surface area contributed by atoms with Crippen LogP contribution in [0.4, 0.5) is 11.6 Å². The molecule has 0 aliphatic carbocycles. The summed E-state index contributed by atoms with van der Waals surface area (Å²) in [5, 5.41) is 9.75. The van der Waals surface area contributed by atoms with Crippen molar-refractivity contribution in [1.82, 2.24) is 30.1 Å². The molecule has 9 nitrogen and oxygen atoms in total. The van der Waals surface area contributed by atoms with E-state index in [0.717, 1.165) is 55.4 Å². The second-order valence-electron chi connectivity index (χ2n) is 10.9. The molecule has 4 aromatic rings. The van der Waals surface area contributed by atoms with Crippen LogP contribution in [0.1, 0.15) is 36.8 Å².